The van der Waals surface area contributed by atoms with Crippen molar-refractivity contribution in [1.82, 2.24) is 14.3 Å². The number of aryl methyl sites for hydroxylation is 4. The molecule has 2 aliphatic heterocycles. The molecule has 0 amide bonds. The summed E-state index contributed by atoms with van der Waals surface area (Å²) >= 11 is 0. The standard InChI is InChI=1S/C29H31F2N5O2/c1-18-11-24-26(34(3)29(18)37)13-21(35-7-9-38-10-8-35)14-27(24)36-6-4-5-19-12-22(20-16-32-33(2)17-20)23(28(30)31)15-25(19)36/h11-17,28H,4-10H2,1-3H3. The predicted octanol–water partition coefficient (Wildman–Crippen LogP) is 5.11. The maximum atomic E-state index is 14.4. The van der Waals surface area contributed by atoms with E-state index in [1.807, 2.05) is 19.1 Å². The highest BCUT2D eigenvalue weighted by molar-refractivity contribution is 5.98. The summed E-state index contributed by atoms with van der Waals surface area (Å²) in [5.41, 5.74) is 6.42. The van der Waals surface area contributed by atoms with Gasteiger partial charge in [-0.3, -0.25) is 9.48 Å². The van der Waals surface area contributed by atoms with Crippen molar-refractivity contribution in [2.45, 2.75) is 26.2 Å². The van der Waals surface area contributed by atoms with Gasteiger partial charge in [0.05, 0.1) is 30.6 Å². The van der Waals surface area contributed by atoms with E-state index < -0.39 is 6.43 Å². The smallest absolute Gasteiger partial charge is 0.264 e. The van der Waals surface area contributed by atoms with E-state index in [1.54, 1.807) is 41.8 Å². The summed E-state index contributed by atoms with van der Waals surface area (Å²) in [6.07, 6.45) is 2.48. The molecule has 4 aromatic rings. The fourth-order valence-corrected chi connectivity index (χ4v) is 5.80. The Balaban J connectivity index is 1.57. The van der Waals surface area contributed by atoms with Crippen molar-refractivity contribution in [3.63, 3.8) is 0 Å². The average molecular weight is 520 g/mol. The Hall–Kier alpha value is -3.72. The molecular formula is C29H31F2N5O2. The van der Waals surface area contributed by atoms with Crippen LogP contribution in [0, 0.1) is 6.92 Å². The lowest BCUT2D eigenvalue weighted by Gasteiger charge is -2.35. The van der Waals surface area contributed by atoms with Crippen LogP contribution in [0.2, 0.25) is 0 Å². The lowest BCUT2D eigenvalue weighted by atomic mass is 9.92. The van der Waals surface area contributed by atoms with E-state index in [1.165, 1.54) is 0 Å². The van der Waals surface area contributed by atoms with Gasteiger partial charge in [0, 0.05) is 73.4 Å². The number of halogens is 2. The van der Waals surface area contributed by atoms with Crippen LogP contribution in [0.4, 0.5) is 25.8 Å². The zero-order valence-corrected chi connectivity index (χ0v) is 21.9. The SMILES string of the molecule is Cc1cc2c(N3CCCc4cc(-c5cnn(C)c5)c(C(F)F)cc43)cc(N3CCOCC3)cc2n(C)c1=O. The molecule has 0 spiro atoms. The Morgan fingerprint density at radius 1 is 1.00 bits per heavy atom. The Bertz CT molecular complexity index is 1590. The summed E-state index contributed by atoms with van der Waals surface area (Å²) in [6.45, 7) is 5.31. The van der Waals surface area contributed by atoms with Crippen molar-refractivity contribution in [3.8, 4) is 11.1 Å². The van der Waals surface area contributed by atoms with Crippen LogP contribution >= 0.6 is 0 Å². The first kappa shape index (κ1) is 24.6. The highest BCUT2D eigenvalue weighted by Crippen LogP contribution is 2.44. The maximum absolute atomic E-state index is 14.4. The van der Waals surface area contributed by atoms with Gasteiger partial charge in [0.15, 0.2) is 0 Å². The minimum Gasteiger partial charge on any atom is -0.378 e. The molecule has 6 rings (SSSR count). The highest BCUT2D eigenvalue weighted by Gasteiger charge is 2.27. The topological polar surface area (TPSA) is 55.5 Å². The predicted molar refractivity (Wildman–Crippen MR) is 146 cm³/mol. The monoisotopic (exact) mass is 519 g/mol. The van der Waals surface area contributed by atoms with Crippen LogP contribution in [-0.4, -0.2) is 47.2 Å². The first-order chi connectivity index (χ1) is 18.3. The second-order valence-electron chi connectivity index (χ2n) is 10.2. The molecule has 38 heavy (non-hydrogen) atoms. The van der Waals surface area contributed by atoms with Crippen LogP contribution in [0.15, 0.2) is 47.5 Å². The molecular weight excluding hydrogens is 488 g/mol. The van der Waals surface area contributed by atoms with Gasteiger partial charge in [-0.2, -0.15) is 5.10 Å². The van der Waals surface area contributed by atoms with Crippen molar-refractivity contribution in [2.75, 3.05) is 42.6 Å². The molecule has 0 atom stereocenters. The molecule has 0 aliphatic carbocycles. The molecule has 2 aliphatic rings. The lowest BCUT2D eigenvalue weighted by molar-refractivity contribution is 0.122. The van der Waals surface area contributed by atoms with Crippen LogP contribution in [0.25, 0.3) is 22.0 Å². The molecule has 1 fully saturated rings. The van der Waals surface area contributed by atoms with Crippen molar-refractivity contribution < 1.29 is 13.5 Å². The van der Waals surface area contributed by atoms with Gasteiger partial charge in [-0.1, -0.05) is 0 Å². The van der Waals surface area contributed by atoms with E-state index in [4.69, 9.17) is 4.74 Å². The van der Waals surface area contributed by atoms with E-state index in [0.717, 1.165) is 59.5 Å². The molecule has 198 valence electrons. The molecule has 9 heteroatoms. The van der Waals surface area contributed by atoms with Crippen LogP contribution < -0.4 is 15.4 Å². The summed E-state index contributed by atoms with van der Waals surface area (Å²) in [7, 11) is 3.58. The molecule has 2 aromatic heterocycles. The minimum atomic E-state index is -2.63. The highest BCUT2D eigenvalue weighted by atomic mass is 19.3. The molecule has 0 bridgehead atoms. The summed E-state index contributed by atoms with van der Waals surface area (Å²) in [5, 5.41) is 5.13. The number of rotatable bonds is 4. The number of ether oxygens (including phenoxy) is 1. The Morgan fingerprint density at radius 3 is 2.50 bits per heavy atom. The van der Waals surface area contributed by atoms with Gasteiger partial charge in [0.1, 0.15) is 0 Å². The molecule has 0 N–H and O–H groups in total. The molecule has 0 radical (unpaired) electrons. The summed E-state index contributed by atoms with van der Waals surface area (Å²) in [4.78, 5) is 17.3. The number of aromatic nitrogens is 3. The summed E-state index contributed by atoms with van der Waals surface area (Å²) < 4.78 is 37.7. The Morgan fingerprint density at radius 2 is 1.79 bits per heavy atom. The van der Waals surface area contributed by atoms with Crippen molar-refractivity contribution in [3.05, 3.63) is 69.8 Å². The van der Waals surface area contributed by atoms with Gasteiger partial charge in [-0.15, -0.1) is 0 Å². The number of benzene rings is 2. The van der Waals surface area contributed by atoms with E-state index in [2.05, 4.69) is 27.0 Å². The van der Waals surface area contributed by atoms with Crippen molar-refractivity contribution in [2.24, 2.45) is 14.1 Å². The number of hydrogen-bond acceptors (Lipinski definition) is 5. The lowest BCUT2D eigenvalue weighted by Crippen LogP contribution is -2.36. The van der Waals surface area contributed by atoms with Crippen molar-refractivity contribution in [1.29, 1.82) is 0 Å². The van der Waals surface area contributed by atoms with Gasteiger partial charge in [-0.25, -0.2) is 8.78 Å². The number of anilines is 3. The molecule has 2 aromatic carbocycles. The Kier molecular flexibility index (Phi) is 6.18. The van der Waals surface area contributed by atoms with E-state index >= 15 is 0 Å². The third-order valence-corrected chi connectivity index (χ3v) is 7.77. The van der Waals surface area contributed by atoms with Gasteiger partial charge in [0.25, 0.3) is 12.0 Å². The zero-order valence-electron chi connectivity index (χ0n) is 21.9. The normalized spacial score (nSPS) is 15.9. The quantitative estimate of drug-likeness (QED) is 0.375. The summed E-state index contributed by atoms with van der Waals surface area (Å²) in [5.74, 6) is 0. The molecule has 0 saturated carbocycles. The summed E-state index contributed by atoms with van der Waals surface area (Å²) in [6, 6.07) is 9.71. The fourth-order valence-electron chi connectivity index (χ4n) is 5.80. The number of alkyl halides is 2. The third-order valence-electron chi connectivity index (χ3n) is 7.77. The molecule has 4 heterocycles. The first-order valence-corrected chi connectivity index (χ1v) is 13.0. The number of fused-ring (bicyclic) bond motifs is 2. The molecule has 0 unspecified atom stereocenters. The maximum Gasteiger partial charge on any atom is 0.264 e. The largest absolute Gasteiger partial charge is 0.378 e. The van der Waals surface area contributed by atoms with Gasteiger partial charge in [-0.05, 0) is 61.2 Å². The fraction of sp³-hybridized carbons (Fsp3) is 0.379. The van der Waals surface area contributed by atoms with Gasteiger partial charge >= 0.3 is 0 Å². The van der Waals surface area contributed by atoms with Crippen LogP contribution in [0.5, 0.6) is 0 Å². The third kappa shape index (κ3) is 4.15. The Labute approximate surface area is 219 Å². The molecule has 1 saturated heterocycles. The van der Waals surface area contributed by atoms with E-state index in [-0.39, 0.29) is 11.1 Å². The number of hydrogen-bond donors (Lipinski definition) is 0. The number of pyridine rings is 1. The van der Waals surface area contributed by atoms with Gasteiger partial charge < -0.3 is 19.1 Å². The second kappa shape index (κ2) is 9.54. The molecule has 7 nitrogen and oxygen atoms in total. The average Bonchev–Trinajstić information content (AvgIpc) is 3.37. The van der Waals surface area contributed by atoms with Crippen LogP contribution in [0.1, 0.15) is 29.5 Å². The van der Waals surface area contributed by atoms with Crippen LogP contribution in [0.3, 0.4) is 0 Å². The van der Waals surface area contributed by atoms with Crippen LogP contribution in [-0.2, 0) is 25.3 Å². The van der Waals surface area contributed by atoms with E-state index in [9.17, 15) is 13.6 Å². The van der Waals surface area contributed by atoms with E-state index in [0.29, 0.717) is 36.4 Å². The number of morpholine rings is 1. The van der Waals surface area contributed by atoms with Crippen molar-refractivity contribution >= 4 is 28.0 Å². The zero-order chi connectivity index (χ0) is 26.6. The first-order valence-electron chi connectivity index (χ1n) is 13.0. The van der Waals surface area contributed by atoms with Gasteiger partial charge in [0.2, 0.25) is 0 Å². The second-order valence-corrected chi connectivity index (χ2v) is 10.2. The minimum absolute atomic E-state index is 0.000806. The number of nitrogens with zero attached hydrogens (tertiary/aromatic N) is 5.